The zero-order valence-electron chi connectivity index (χ0n) is 41.7. The molecule has 5 aromatic carbocycles. The molecule has 0 unspecified atom stereocenters. The van der Waals surface area contributed by atoms with Crippen LogP contribution in [0.3, 0.4) is 0 Å². The van der Waals surface area contributed by atoms with Crippen molar-refractivity contribution in [3.63, 3.8) is 0 Å². The average molecular weight is 1240 g/mol. The minimum Gasteiger partial charge on any atom is -0.398 e. The molecule has 5 aromatic rings. The lowest BCUT2D eigenvalue weighted by Crippen LogP contribution is -2.40. The largest absolute Gasteiger partial charge is 0.416 e. The molecule has 9 rings (SSSR count). The summed E-state index contributed by atoms with van der Waals surface area (Å²) in [5, 5.41) is 39.8. The molecular formula is C50H46BrF15N8O7. The van der Waals surface area contributed by atoms with Crippen molar-refractivity contribution in [2.75, 3.05) is 11.1 Å². The quantitative estimate of drug-likeness (QED) is 0.0323. The number of amides is 2. The van der Waals surface area contributed by atoms with Crippen molar-refractivity contribution in [2.45, 2.75) is 119 Å². The summed E-state index contributed by atoms with van der Waals surface area (Å²) in [6.07, 6.45) is -16.8. The number of hydrogen-bond donors (Lipinski definition) is 4. The molecule has 440 valence electrons. The summed E-state index contributed by atoms with van der Waals surface area (Å²) in [5.41, 5.74) is -0.340. The van der Waals surface area contributed by atoms with Crippen LogP contribution in [0.4, 0.5) is 99.1 Å². The van der Waals surface area contributed by atoms with Crippen molar-refractivity contribution in [2.24, 2.45) is 0 Å². The fourth-order valence-corrected chi connectivity index (χ4v) is 8.45. The summed E-state index contributed by atoms with van der Waals surface area (Å²) in [4.78, 5) is 42.4. The van der Waals surface area contributed by atoms with Gasteiger partial charge in [0, 0.05) is 82.8 Å². The van der Waals surface area contributed by atoms with E-state index in [1.54, 1.807) is 0 Å². The highest BCUT2D eigenvalue weighted by Gasteiger charge is 2.42. The highest BCUT2D eigenvalue weighted by molar-refractivity contribution is 9.08. The highest BCUT2D eigenvalue weighted by Crippen LogP contribution is 2.42. The van der Waals surface area contributed by atoms with E-state index < -0.39 is 90.5 Å². The van der Waals surface area contributed by atoms with Gasteiger partial charge in [-0.3, -0.25) is 30.3 Å². The van der Waals surface area contributed by atoms with E-state index in [0.717, 1.165) is 112 Å². The van der Waals surface area contributed by atoms with Gasteiger partial charge in [-0.2, -0.15) is 65.9 Å². The number of hydrogen-bond acceptors (Lipinski definition) is 10. The van der Waals surface area contributed by atoms with Crippen LogP contribution in [-0.4, -0.2) is 43.8 Å². The second-order valence-corrected chi connectivity index (χ2v) is 18.8. The van der Waals surface area contributed by atoms with Gasteiger partial charge in [-0.1, -0.05) is 46.3 Å². The maximum atomic E-state index is 12.9. The molecule has 5 N–H and O–H groups in total. The Morgan fingerprint density at radius 3 is 1.33 bits per heavy atom. The van der Waals surface area contributed by atoms with E-state index >= 15 is 0 Å². The molecule has 0 saturated heterocycles. The van der Waals surface area contributed by atoms with Crippen LogP contribution in [0.5, 0.6) is 0 Å². The van der Waals surface area contributed by atoms with Crippen molar-refractivity contribution in [3.05, 3.63) is 177 Å². The van der Waals surface area contributed by atoms with Gasteiger partial charge < -0.3 is 26.6 Å². The van der Waals surface area contributed by atoms with E-state index in [-0.39, 0.29) is 82.3 Å². The average Bonchev–Trinajstić information content (AvgIpc) is 4.33. The number of urea groups is 1. The molecule has 15 nitrogen and oxygen atoms in total. The van der Waals surface area contributed by atoms with Crippen LogP contribution < -0.4 is 21.7 Å². The third-order valence-electron chi connectivity index (χ3n) is 12.4. The molecule has 1 heterocycles. The maximum absolute atomic E-state index is 12.9. The van der Waals surface area contributed by atoms with Crippen LogP contribution in [0.25, 0.3) is 0 Å². The standard InChI is InChI=1S/C12H11F3N2O.C11H11F3N2O2.C11H13F3N2.C8H5BrF3NO2.C8H6F3NO2/c13-12(14,15)9-2-1-3-10-8(9)6-17(7-4-5-7)11(18)16-10;12-11(13,14)9-2-1-3-10(16(17)18)8(9)6-15-7-4-5-7;12-11(13,14)9-2-1-3-10(15)8(9)6-16-7-4-5-7;9-4-5-6(8(10,11)12)2-1-3-7(5)13(14)15;1-5-6(8(9,10)11)3-2-4-7(5)12(13)14/h1-3,7H,4-6H2,(H,16,18);1-3,7,15H,4-6H2;1-3,7,16H,4-6,15H2;1-3H,4H2;2-4H,1H3. The number of benzene rings is 5. The monoisotopic (exact) mass is 1230 g/mol. The topological polar surface area (TPSA) is 212 Å². The SMILES string of the molecule is Cc1c([N+](=O)[O-])cccc1C(F)(F)F.Nc1cccc(C(F)(F)F)c1CNC1CC1.O=C1Nc2cccc(C(F)(F)F)c2CN1C1CC1.O=[N+]([O-])c1cccc(C(F)(F)F)c1CBr.O=[N+]([O-])c1cccc(C(F)(F)F)c1CNC1CC1. The third-order valence-corrected chi connectivity index (χ3v) is 12.9. The number of carbonyl (C=O) groups is 1. The minimum absolute atomic E-state index is 0.0432. The van der Waals surface area contributed by atoms with Gasteiger partial charge in [0.05, 0.1) is 60.3 Å². The summed E-state index contributed by atoms with van der Waals surface area (Å²) in [7, 11) is 0. The van der Waals surface area contributed by atoms with E-state index in [2.05, 4.69) is 31.9 Å². The Morgan fingerprint density at radius 2 is 0.914 bits per heavy atom. The van der Waals surface area contributed by atoms with E-state index in [1.807, 2.05) is 0 Å². The molecule has 0 spiro atoms. The highest BCUT2D eigenvalue weighted by atomic mass is 79.9. The minimum atomic E-state index is -4.58. The second kappa shape index (κ2) is 26.1. The number of nitrogens with one attached hydrogen (secondary N) is 3. The molecule has 0 aromatic heterocycles. The van der Waals surface area contributed by atoms with Crippen LogP contribution in [0.2, 0.25) is 0 Å². The van der Waals surface area contributed by atoms with Gasteiger partial charge in [0.1, 0.15) is 0 Å². The van der Waals surface area contributed by atoms with Crippen molar-refractivity contribution in [3.8, 4) is 0 Å². The summed E-state index contributed by atoms with van der Waals surface area (Å²) in [5.74, 6) is 0. The summed E-state index contributed by atoms with van der Waals surface area (Å²) in [6.45, 7) is 1.19. The Hall–Kier alpha value is -7.28. The normalized spacial score (nSPS) is 15.2. The Kier molecular flexibility index (Phi) is 20.8. The van der Waals surface area contributed by atoms with Crippen LogP contribution >= 0.6 is 15.9 Å². The molecule has 0 atom stereocenters. The van der Waals surface area contributed by atoms with Gasteiger partial charge in [0.25, 0.3) is 17.1 Å². The van der Waals surface area contributed by atoms with Crippen LogP contribution in [-0.2, 0) is 55.8 Å². The number of nitrogens with two attached hydrogens (primary N) is 1. The van der Waals surface area contributed by atoms with Crippen molar-refractivity contribution < 1.29 is 85.4 Å². The predicted octanol–water partition coefficient (Wildman–Crippen LogP) is 15.1. The lowest BCUT2D eigenvalue weighted by Gasteiger charge is -2.31. The molecule has 81 heavy (non-hydrogen) atoms. The lowest BCUT2D eigenvalue weighted by atomic mass is 10.0. The zero-order chi connectivity index (χ0) is 60.6. The lowest BCUT2D eigenvalue weighted by molar-refractivity contribution is -0.385. The van der Waals surface area contributed by atoms with Crippen LogP contribution in [0.15, 0.2) is 91.0 Å². The molecule has 0 bridgehead atoms. The smallest absolute Gasteiger partial charge is 0.398 e. The molecule has 3 fully saturated rings. The molecule has 31 heteroatoms. The molecule has 0 radical (unpaired) electrons. The first-order valence-electron chi connectivity index (χ1n) is 23.8. The molecule has 2 amide bonds. The van der Waals surface area contributed by atoms with Gasteiger partial charge in [-0.25, -0.2) is 4.79 Å². The fraction of sp³-hybridized carbons (Fsp3) is 0.380. The third kappa shape index (κ3) is 18.1. The number of fused-ring (bicyclic) bond motifs is 1. The first-order valence-corrected chi connectivity index (χ1v) is 24.9. The van der Waals surface area contributed by atoms with Crippen molar-refractivity contribution in [1.82, 2.24) is 15.5 Å². The first-order chi connectivity index (χ1) is 37.6. The zero-order valence-corrected chi connectivity index (χ0v) is 43.3. The number of nitro groups is 3. The van der Waals surface area contributed by atoms with Gasteiger partial charge in [-0.15, -0.1) is 0 Å². The molecule has 3 aliphatic carbocycles. The van der Waals surface area contributed by atoms with E-state index in [9.17, 15) is 101 Å². The Labute approximate surface area is 457 Å². The molecular weight excluding hydrogens is 1190 g/mol. The Balaban J connectivity index is 0.000000187. The van der Waals surface area contributed by atoms with E-state index in [4.69, 9.17) is 5.73 Å². The number of halogens is 16. The van der Waals surface area contributed by atoms with Gasteiger partial charge in [0.15, 0.2) is 0 Å². The van der Waals surface area contributed by atoms with Crippen LogP contribution in [0, 0.1) is 37.3 Å². The number of anilines is 2. The number of nitro benzene ring substituents is 3. The molecule has 1 aliphatic heterocycles. The number of alkyl halides is 16. The number of nitrogen functional groups attached to an aromatic ring is 1. The van der Waals surface area contributed by atoms with Crippen molar-refractivity contribution >= 4 is 50.4 Å². The Bertz CT molecular complexity index is 3070. The fourth-order valence-electron chi connectivity index (χ4n) is 7.86. The summed E-state index contributed by atoms with van der Waals surface area (Å²) < 4.78 is 189. The number of nitrogens with zero attached hydrogens (tertiary/aromatic N) is 4. The number of rotatable bonds is 11. The molecule has 4 aliphatic rings. The van der Waals surface area contributed by atoms with Gasteiger partial charge in [0.2, 0.25) is 0 Å². The molecule has 3 saturated carbocycles. The first kappa shape index (κ1) is 64.5. The van der Waals surface area contributed by atoms with E-state index in [0.29, 0.717) is 6.04 Å². The van der Waals surface area contributed by atoms with E-state index in [1.165, 1.54) is 29.2 Å². The number of carbonyl (C=O) groups excluding carboxylic acids is 1. The van der Waals surface area contributed by atoms with Gasteiger partial charge >= 0.3 is 36.9 Å². The second-order valence-electron chi connectivity index (χ2n) is 18.3. The Morgan fingerprint density at radius 1 is 0.543 bits per heavy atom. The summed E-state index contributed by atoms with van der Waals surface area (Å²) >= 11 is 2.82. The summed E-state index contributed by atoms with van der Waals surface area (Å²) in [6, 6.07) is 16.9. The van der Waals surface area contributed by atoms with Crippen molar-refractivity contribution in [1.29, 1.82) is 0 Å². The maximum Gasteiger partial charge on any atom is 0.416 e. The predicted molar refractivity (Wildman–Crippen MR) is 266 cm³/mol. The van der Waals surface area contributed by atoms with Gasteiger partial charge in [-0.05, 0) is 87.9 Å². The van der Waals surface area contributed by atoms with Crippen LogP contribution in [0.1, 0.15) is 94.2 Å².